The standard InChI is InChI=1S/C44H26O/c1-2-6-27(7-3-1)33-20-23-40-38(25-33)39-26-35(24-34-10-5-11-41(45-40)43(34)39)28-12-14-29(15-13-28)36-21-18-32-17-16-30-8-4-9-31-19-22-37(36)44(32)42(30)31/h1-26H. The Balaban J connectivity index is 1.11. The van der Waals surface area contributed by atoms with Crippen LogP contribution in [0.5, 0.6) is 11.5 Å². The van der Waals surface area contributed by atoms with Crippen molar-refractivity contribution < 1.29 is 4.74 Å². The van der Waals surface area contributed by atoms with Crippen LogP contribution in [-0.2, 0) is 0 Å². The normalized spacial score (nSPS) is 12.2. The van der Waals surface area contributed by atoms with Gasteiger partial charge in [-0.15, -0.1) is 0 Å². The lowest BCUT2D eigenvalue weighted by Crippen LogP contribution is -1.98. The van der Waals surface area contributed by atoms with Crippen LogP contribution in [0.1, 0.15) is 0 Å². The second kappa shape index (κ2) is 9.29. The lowest BCUT2D eigenvalue weighted by atomic mass is 9.88. The third kappa shape index (κ3) is 3.68. The molecular weight excluding hydrogens is 544 g/mol. The number of hydrogen-bond donors (Lipinski definition) is 0. The van der Waals surface area contributed by atoms with Crippen molar-refractivity contribution >= 4 is 43.1 Å². The van der Waals surface area contributed by atoms with Gasteiger partial charge >= 0.3 is 0 Å². The smallest absolute Gasteiger partial charge is 0.135 e. The molecule has 0 N–H and O–H groups in total. The molecule has 0 spiro atoms. The van der Waals surface area contributed by atoms with E-state index in [1.807, 2.05) is 0 Å². The predicted octanol–water partition coefficient (Wildman–Crippen LogP) is 12.5. The molecule has 1 nitrogen and oxygen atoms in total. The van der Waals surface area contributed by atoms with Crippen LogP contribution in [0.25, 0.3) is 87.6 Å². The molecule has 0 aliphatic carbocycles. The zero-order valence-electron chi connectivity index (χ0n) is 24.4. The van der Waals surface area contributed by atoms with Gasteiger partial charge in [-0.25, -0.2) is 0 Å². The van der Waals surface area contributed by atoms with Crippen molar-refractivity contribution in [2.24, 2.45) is 0 Å². The van der Waals surface area contributed by atoms with Crippen molar-refractivity contribution in [1.82, 2.24) is 0 Å². The zero-order valence-corrected chi connectivity index (χ0v) is 24.4. The summed E-state index contributed by atoms with van der Waals surface area (Å²) in [6, 6.07) is 57.4. The number of ether oxygens (including phenoxy) is 1. The first-order valence-corrected chi connectivity index (χ1v) is 15.5. The fraction of sp³-hybridized carbons (Fsp3) is 0. The van der Waals surface area contributed by atoms with E-state index in [-0.39, 0.29) is 0 Å². The summed E-state index contributed by atoms with van der Waals surface area (Å²) in [6.07, 6.45) is 0. The maximum atomic E-state index is 6.43. The second-order valence-electron chi connectivity index (χ2n) is 12.1. The molecule has 0 radical (unpaired) electrons. The first kappa shape index (κ1) is 24.5. The van der Waals surface area contributed by atoms with Gasteiger partial charge in [0.1, 0.15) is 11.5 Å². The van der Waals surface area contributed by atoms with Gasteiger partial charge in [-0.3, -0.25) is 0 Å². The molecule has 0 saturated carbocycles. The SMILES string of the molecule is c1ccc(-c2ccc3c(c2)-c2cc(-c4ccc(-c5ccc6ccc7cccc8ccc5c6c78)cc4)cc4cccc(c24)O3)cc1. The summed E-state index contributed by atoms with van der Waals surface area (Å²) < 4.78 is 6.43. The lowest BCUT2D eigenvalue weighted by molar-refractivity contribution is 0.487. The van der Waals surface area contributed by atoms with E-state index >= 15 is 0 Å². The maximum absolute atomic E-state index is 6.43. The van der Waals surface area contributed by atoms with Gasteiger partial charge in [0.05, 0.1) is 0 Å². The van der Waals surface area contributed by atoms with Crippen LogP contribution in [0, 0.1) is 0 Å². The number of hydrogen-bond acceptors (Lipinski definition) is 1. The fourth-order valence-electron chi connectivity index (χ4n) is 7.44. The van der Waals surface area contributed by atoms with E-state index in [2.05, 4.69) is 158 Å². The monoisotopic (exact) mass is 570 g/mol. The highest BCUT2D eigenvalue weighted by molar-refractivity contribution is 6.25. The molecule has 208 valence electrons. The molecule has 0 fully saturated rings. The summed E-state index contributed by atoms with van der Waals surface area (Å²) >= 11 is 0. The summed E-state index contributed by atoms with van der Waals surface area (Å²) in [5, 5.41) is 10.3. The maximum Gasteiger partial charge on any atom is 0.135 e. The lowest BCUT2D eigenvalue weighted by Gasteiger charge is -2.23. The first-order valence-electron chi connectivity index (χ1n) is 15.5. The van der Waals surface area contributed by atoms with Gasteiger partial charge < -0.3 is 4.74 Å². The largest absolute Gasteiger partial charge is 0.456 e. The molecule has 9 aromatic carbocycles. The molecule has 45 heavy (non-hydrogen) atoms. The molecule has 0 amide bonds. The van der Waals surface area contributed by atoms with Crippen molar-refractivity contribution in [2.45, 2.75) is 0 Å². The fourth-order valence-corrected chi connectivity index (χ4v) is 7.44. The van der Waals surface area contributed by atoms with Crippen molar-refractivity contribution in [2.75, 3.05) is 0 Å². The Morgan fingerprint density at radius 3 is 1.78 bits per heavy atom. The van der Waals surface area contributed by atoms with Crippen LogP contribution >= 0.6 is 0 Å². The van der Waals surface area contributed by atoms with E-state index < -0.39 is 0 Å². The highest BCUT2D eigenvalue weighted by Crippen LogP contribution is 2.49. The van der Waals surface area contributed by atoms with Crippen LogP contribution in [0.15, 0.2) is 158 Å². The Labute approximate surface area is 260 Å². The number of rotatable bonds is 3. The molecule has 1 aliphatic rings. The van der Waals surface area contributed by atoms with Crippen LogP contribution < -0.4 is 4.74 Å². The van der Waals surface area contributed by atoms with Gasteiger partial charge in [-0.1, -0.05) is 127 Å². The van der Waals surface area contributed by atoms with Gasteiger partial charge in [-0.2, -0.15) is 0 Å². The average molecular weight is 571 g/mol. The van der Waals surface area contributed by atoms with E-state index in [1.165, 1.54) is 82.0 Å². The molecule has 9 aromatic rings. The highest BCUT2D eigenvalue weighted by Gasteiger charge is 2.22. The molecule has 0 bridgehead atoms. The summed E-state index contributed by atoms with van der Waals surface area (Å²) in [4.78, 5) is 0. The van der Waals surface area contributed by atoms with E-state index in [1.54, 1.807) is 0 Å². The summed E-state index contributed by atoms with van der Waals surface area (Å²) in [7, 11) is 0. The minimum atomic E-state index is 0.899. The summed E-state index contributed by atoms with van der Waals surface area (Å²) in [6.45, 7) is 0. The van der Waals surface area contributed by atoms with Crippen molar-refractivity contribution in [3.05, 3.63) is 158 Å². The minimum Gasteiger partial charge on any atom is -0.456 e. The van der Waals surface area contributed by atoms with E-state index in [0.29, 0.717) is 0 Å². The molecule has 10 rings (SSSR count). The molecule has 1 heteroatoms. The van der Waals surface area contributed by atoms with E-state index in [4.69, 9.17) is 4.74 Å². The average Bonchev–Trinajstić information content (AvgIpc) is 3.11. The van der Waals surface area contributed by atoms with E-state index in [9.17, 15) is 0 Å². The van der Waals surface area contributed by atoms with Crippen molar-refractivity contribution in [3.8, 4) is 56.0 Å². The van der Waals surface area contributed by atoms with Gasteiger partial charge in [-0.05, 0) is 107 Å². The topological polar surface area (TPSA) is 9.23 Å². The number of fused-ring (bicyclic) bond motifs is 2. The molecule has 1 heterocycles. The van der Waals surface area contributed by atoms with Crippen LogP contribution in [0.2, 0.25) is 0 Å². The quantitative estimate of drug-likeness (QED) is 0.192. The van der Waals surface area contributed by atoms with E-state index in [0.717, 1.165) is 17.1 Å². The Bertz CT molecular complexity index is 2580. The Hall–Kier alpha value is -5.92. The van der Waals surface area contributed by atoms with Gasteiger partial charge in [0.15, 0.2) is 0 Å². The summed E-state index contributed by atoms with van der Waals surface area (Å²) in [5.74, 6) is 1.81. The van der Waals surface area contributed by atoms with Gasteiger partial charge in [0.2, 0.25) is 0 Å². The third-order valence-corrected chi connectivity index (χ3v) is 9.59. The first-order chi connectivity index (χ1) is 22.3. The molecular formula is C44H26O. The molecule has 1 aliphatic heterocycles. The number of benzene rings is 9. The molecule has 0 aromatic heterocycles. The Morgan fingerprint density at radius 1 is 0.289 bits per heavy atom. The van der Waals surface area contributed by atoms with Crippen LogP contribution in [0.4, 0.5) is 0 Å². The molecule has 0 unspecified atom stereocenters. The Kier molecular flexibility index (Phi) is 5.06. The van der Waals surface area contributed by atoms with Crippen molar-refractivity contribution in [3.63, 3.8) is 0 Å². The second-order valence-corrected chi connectivity index (χ2v) is 12.1. The molecule has 0 saturated heterocycles. The van der Waals surface area contributed by atoms with Gasteiger partial charge in [0.25, 0.3) is 0 Å². The highest BCUT2D eigenvalue weighted by atomic mass is 16.5. The van der Waals surface area contributed by atoms with Crippen LogP contribution in [-0.4, -0.2) is 0 Å². The molecule has 0 atom stereocenters. The summed E-state index contributed by atoms with van der Waals surface area (Å²) in [5.41, 5.74) is 9.64. The Morgan fingerprint density at radius 2 is 0.933 bits per heavy atom. The zero-order chi connectivity index (χ0) is 29.5. The third-order valence-electron chi connectivity index (χ3n) is 9.59. The van der Waals surface area contributed by atoms with Crippen LogP contribution in [0.3, 0.4) is 0 Å². The van der Waals surface area contributed by atoms with Crippen molar-refractivity contribution in [1.29, 1.82) is 0 Å². The minimum absolute atomic E-state index is 0.899. The predicted molar refractivity (Wildman–Crippen MR) is 189 cm³/mol. The van der Waals surface area contributed by atoms with Gasteiger partial charge in [0, 0.05) is 10.9 Å².